The molecule has 0 spiro atoms. The van der Waals surface area contributed by atoms with Gasteiger partial charge in [-0.05, 0) is 0 Å². The molecule has 1 aromatic heterocycles. The predicted molar refractivity (Wildman–Crippen MR) is 83.1 cm³/mol. The highest BCUT2D eigenvalue weighted by atomic mass is 35.6. The second kappa shape index (κ2) is 7.02. The number of hydrogen-bond donors (Lipinski definition) is 1. The Morgan fingerprint density at radius 1 is 1.27 bits per heavy atom. The van der Waals surface area contributed by atoms with Crippen molar-refractivity contribution in [2.24, 2.45) is 5.41 Å². The zero-order chi connectivity index (χ0) is 17.1. The standard InChI is InChI=1S/C12H17Cl3N4O3/c1-11(2,3)8(20)7(19-6-17-5-18-19)9(12(13,14)15)22-10(21)16-4/h5-7,9H,1-4H3,(H,16,21). The SMILES string of the molecule is CNC(=O)OC(C(C(=O)C(C)(C)C)n1cncn1)C(Cl)(Cl)Cl. The number of carbonyl (C=O) groups excluding carboxylic acids is 2. The number of Topliss-reactive ketones (excluding diaryl/α,β-unsaturated/α-hetero) is 1. The molecule has 2 atom stereocenters. The monoisotopic (exact) mass is 370 g/mol. The van der Waals surface area contributed by atoms with Gasteiger partial charge in [0.1, 0.15) is 12.7 Å². The normalized spacial score (nSPS) is 15.0. The first-order valence-electron chi connectivity index (χ1n) is 6.32. The number of nitrogens with one attached hydrogen (secondary N) is 1. The van der Waals surface area contributed by atoms with E-state index >= 15 is 0 Å². The number of amides is 1. The maximum Gasteiger partial charge on any atom is 0.407 e. The lowest BCUT2D eigenvalue weighted by Crippen LogP contribution is -2.47. The smallest absolute Gasteiger partial charge is 0.407 e. The highest BCUT2D eigenvalue weighted by Crippen LogP contribution is 2.40. The van der Waals surface area contributed by atoms with Crippen LogP contribution in [-0.2, 0) is 9.53 Å². The number of ketones is 1. The quantitative estimate of drug-likeness (QED) is 0.822. The Morgan fingerprint density at radius 2 is 1.86 bits per heavy atom. The van der Waals surface area contributed by atoms with Gasteiger partial charge in [-0.1, -0.05) is 55.6 Å². The average Bonchev–Trinajstić information content (AvgIpc) is 2.89. The van der Waals surface area contributed by atoms with Crippen LogP contribution in [0.2, 0.25) is 0 Å². The number of alkyl halides is 3. The Hall–Kier alpha value is -1.05. The van der Waals surface area contributed by atoms with Crippen molar-refractivity contribution in [1.82, 2.24) is 20.1 Å². The van der Waals surface area contributed by atoms with E-state index in [4.69, 9.17) is 39.5 Å². The summed E-state index contributed by atoms with van der Waals surface area (Å²) in [6.45, 7) is 5.11. The summed E-state index contributed by atoms with van der Waals surface area (Å²) in [6.07, 6.45) is 0.317. The van der Waals surface area contributed by atoms with Crippen LogP contribution in [-0.4, -0.2) is 43.6 Å². The third-order valence-corrected chi connectivity index (χ3v) is 3.42. The van der Waals surface area contributed by atoms with E-state index < -0.39 is 27.4 Å². The number of aromatic nitrogens is 3. The lowest BCUT2D eigenvalue weighted by atomic mass is 9.84. The number of hydrogen-bond acceptors (Lipinski definition) is 5. The fourth-order valence-electron chi connectivity index (χ4n) is 1.69. The Bertz CT molecular complexity index is 523. The number of nitrogens with zero attached hydrogens (tertiary/aromatic N) is 3. The second-order valence-electron chi connectivity index (χ2n) is 5.55. The summed E-state index contributed by atoms with van der Waals surface area (Å²) in [6, 6.07) is -1.13. The Kier molecular flexibility index (Phi) is 6.06. The van der Waals surface area contributed by atoms with Gasteiger partial charge in [-0.15, -0.1) is 0 Å². The largest absolute Gasteiger partial charge is 0.439 e. The average molecular weight is 372 g/mol. The molecule has 0 radical (unpaired) electrons. The first-order chi connectivity index (χ1) is 9.98. The van der Waals surface area contributed by atoms with E-state index in [1.54, 1.807) is 20.8 Å². The maximum absolute atomic E-state index is 12.7. The molecular weight excluding hydrogens is 355 g/mol. The van der Waals surface area contributed by atoms with E-state index in [2.05, 4.69) is 15.4 Å². The van der Waals surface area contributed by atoms with E-state index in [9.17, 15) is 9.59 Å². The van der Waals surface area contributed by atoms with Crippen molar-refractivity contribution < 1.29 is 14.3 Å². The van der Waals surface area contributed by atoms with Gasteiger partial charge in [-0.3, -0.25) is 4.79 Å². The third-order valence-electron chi connectivity index (χ3n) is 2.78. The van der Waals surface area contributed by atoms with Crippen LogP contribution in [0.5, 0.6) is 0 Å². The topological polar surface area (TPSA) is 86.1 Å². The molecule has 1 amide bonds. The predicted octanol–water partition coefficient (Wildman–Crippen LogP) is 2.53. The van der Waals surface area contributed by atoms with E-state index in [0.717, 1.165) is 0 Å². The molecule has 0 aliphatic rings. The summed E-state index contributed by atoms with van der Waals surface area (Å²) in [5.74, 6) is -0.321. The van der Waals surface area contributed by atoms with E-state index in [0.29, 0.717) is 0 Å². The summed E-state index contributed by atoms with van der Waals surface area (Å²) in [7, 11) is 1.35. The molecule has 0 aliphatic carbocycles. The van der Waals surface area contributed by atoms with Crippen molar-refractivity contribution in [3.05, 3.63) is 12.7 Å². The van der Waals surface area contributed by atoms with Gasteiger partial charge < -0.3 is 10.1 Å². The minimum atomic E-state index is -2.04. The first kappa shape index (κ1) is 19.0. The highest BCUT2D eigenvalue weighted by Gasteiger charge is 2.49. The van der Waals surface area contributed by atoms with Crippen molar-refractivity contribution in [2.45, 2.75) is 36.7 Å². The van der Waals surface area contributed by atoms with Gasteiger partial charge in [0.15, 0.2) is 17.9 Å². The van der Waals surface area contributed by atoms with Crippen molar-refractivity contribution in [1.29, 1.82) is 0 Å². The number of halogens is 3. The molecule has 0 aliphatic heterocycles. The Labute approximate surface area is 143 Å². The van der Waals surface area contributed by atoms with Crippen LogP contribution >= 0.6 is 34.8 Å². The van der Waals surface area contributed by atoms with E-state index in [-0.39, 0.29) is 5.78 Å². The third kappa shape index (κ3) is 4.72. The molecular formula is C12H17Cl3N4O3. The lowest BCUT2D eigenvalue weighted by Gasteiger charge is -2.33. The number of alkyl carbamates (subject to hydrolysis) is 1. The molecule has 7 nitrogen and oxygen atoms in total. The van der Waals surface area contributed by atoms with Crippen LogP contribution in [0, 0.1) is 5.41 Å². The summed E-state index contributed by atoms with van der Waals surface area (Å²) in [5.41, 5.74) is -0.781. The second-order valence-corrected chi connectivity index (χ2v) is 7.92. The minimum Gasteiger partial charge on any atom is -0.439 e. The minimum absolute atomic E-state index is 0.321. The fourth-order valence-corrected chi connectivity index (χ4v) is 2.18. The Balaban J connectivity index is 3.32. The summed E-state index contributed by atoms with van der Waals surface area (Å²) in [5, 5.41) is 6.17. The van der Waals surface area contributed by atoms with E-state index in [1.165, 1.54) is 24.4 Å². The number of rotatable bonds is 4. The molecule has 2 unspecified atom stereocenters. The highest BCUT2D eigenvalue weighted by molar-refractivity contribution is 6.68. The number of ether oxygens (including phenoxy) is 1. The van der Waals surface area contributed by atoms with Crippen LogP contribution in [0.25, 0.3) is 0 Å². The molecule has 0 fully saturated rings. The molecule has 22 heavy (non-hydrogen) atoms. The molecule has 1 aromatic rings. The van der Waals surface area contributed by atoms with Crippen molar-refractivity contribution >= 4 is 46.7 Å². The van der Waals surface area contributed by atoms with Crippen LogP contribution < -0.4 is 5.32 Å². The molecule has 1 heterocycles. The van der Waals surface area contributed by atoms with Gasteiger partial charge in [0.2, 0.25) is 3.79 Å². The molecule has 0 saturated heterocycles. The zero-order valence-electron chi connectivity index (χ0n) is 12.5. The van der Waals surface area contributed by atoms with Gasteiger partial charge >= 0.3 is 6.09 Å². The zero-order valence-corrected chi connectivity index (χ0v) is 14.8. The molecule has 124 valence electrons. The summed E-state index contributed by atoms with van der Waals surface area (Å²) in [4.78, 5) is 28.1. The first-order valence-corrected chi connectivity index (χ1v) is 7.45. The van der Waals surface area contributed by atoms with E-state index in [1.807, 2.05) is 0 Å². The van der Waals surface area contributed by atoms with Crippen LogP contribution in [0.15, 0.2) is 12.7 Å². The molecule has 0 saturated carbocycles. The molecule has 0 bridgehead atoms. The van der Waals surface area contributed by atoms with Gasteiger partial charge in [0.25, 0.3) is 0 Å². The fraction of sp³-hybridized carbons (Fsp3) is 0.667. The molecule has 1 rings (SSSR count). The van der Waals surface area contributed by atoms with Crippen molar-refractivity contribution in [3.63, 3.8) is 0 Å². The van der Waals surface area contributed by atoms with Crippen LogP contribution in [0.4, 0.5) is 4.79 Å². The Morgan fingerprint density at radius 3 is 2.23 bits per heavy atom. The summed E-state index contributed by atoms with van der Waals surface area (Å²) < 4.78 is 4.28. The van der Waals surface area contributed by atoms with Gasteiger partial charge in [-0.2, -0.15) is 5.10 Å². The lowest BCUT2D eigenvalue weighted by molar-refractivity contribution is -0.133. The van der Waals surface area contributed by atoms with Crippen LogP contribution in [0.1, 0.15) is 26.8 Å². The van der Waals surface area contributed by atoms with Gasteiger partial charge in [0, 0.05) is 12.5 Å². The maximum atomic E-state index is 12.7. The van der Waals surface area contributed by atoms with Crippen molar-refractivity contribution in [3.8, 4) is 0 Å². The van der Waals surface area contributed by atoms with Gasteiger partial charge in [-0.25, -0.2) is 14.5 Å². The van der Waals surface area contributed by atoms with Gasteiger partial charge in [0.05, 0.1) is 0 Å². The van der Waals surface area contributed by atoms with Crippen molar-refractivity contribution in [2.75, 3.05) is 7.05 Å². The summed E-state index contributed by atoms with van der Waals surface area (Å²) >= 11 is 17.8. The number of carbonyl (C=O) groups is 2. The molecule has 10 heteroatoms. The molecule has 1 N–H and O–H groups in total. The molecule has 0 aromatic carbocycles. The van der Waals surface area contributed by atoms with Crippen LogP contribution in [0.3, 0.4) is 0 Å².